The number of aromatic nitrogens is 2. The predicted molar refractivity (Wildman–Crippen MR) is 85.5 cm³/mol. The Hall–Kier alpha value is -2.83. The molecule has 0 bridgehead atoms. The average Bonchev–Trinajstić information content (AvgIpc) is 2.60. The first kappa shape index (κ1) is 14.7. The summed E-state index contributed by atoms with van der Waals surface area (Å²) in [5.41, 5.74) is 1.79. The molecule has 7 nitrogen and oxygen atoms in total. The maximum atomic E-state index is 12.8. The number of hydrogen-bond acceptors (Lipinski definition) is 5. The summed E-state index contributed by atoms with van der Waals surface area (Å²) in [4.78, 5) is 33.5. The average molecular weight is 327 g/mol. The first-order chi connectivity index (χ1) is 11.6. The highest BCUT2D eigenvalue weighted by Gasteiger charge is 2.26. The number of hydrogen-bond donors (Lipinski definition) is 1. The molecule has 0 spiro atoms. The molecule has 3 heterocycles. The number of rotatable bonds is 1. The summed E-state index contributed by atoms with van der Waals surface area (Å²) in [6.45, 7) is 3.57. The Morgan fingerprint density at radius 2 is 2.04 bits per heavy atom. The molecule has 0 aliphatic carbocycles. The highest BCUT2D eigenvalue weighted by atomic mass is 16.6. The number of carbonyl (C=O) groups excluding carboxylic acids is 1. The molecule has 1 aromatic carbocycles. The van der Waals surface area contributed by atoms with Crippen LogP contribution in [0.4, 0.5) is 0 Å². The minimum Gasteiger partial charge on any atom is -0.486 e. The van der Waals surface area contributed by atoms with Crippen LogP contribution in [0, 0.1) is 6.92 Å². The number of fused-ring (bicyclic) bond motifs is 2. The van der Waals surface area contributed by atoms with Crippen LogP contribution in [0.5, 0.6) is 11.5 Å². The molecule has 0 saturated carbocycles. The van der Waals surface area contributed by atoms with Gasteiger partial charge in [-0.05, 0) is 31.5 Å². The van der Waals surface area contributed by atoms with E-state index in [9.17, 15) is 9.59 Å². The highest BCUT2D eigenvalue weighted by Crippen LogP contribution is 2.31. The van der Waals surface area contributed by atoms with Crippen molar-refractivity contribution in [2.24, 2.45) is 0 Å². The van der Waals surface area contributed by atoms with Crippen LogP contribution >= 0.6 is 0 Å². The van der Waals surface area contributed by atoms with E-state index in [2.05, 4.69) is 9.97 Å². The van der Waals surface area contributed by atoms with Gasteiger partial charge in [-0.25, -0.2) is 4.98 Å². The predicted octanol–water partition coefficient (Wildman–Crippen LogP) is 1.05. The smallest absolute Gasteiger partial charge is 0.254 e. The molecule has 1 aromatic heterocycles. The summed E-state index contributed by atoms with van der Waals surface area (Å²) < 4.78 is 11.0. The molecular weight excluding hydrogens is 310 g/mol. The SMILES string of the molecule is Cc1nc2c(c(=O)[nH]1)CCN(C(=O)c1ccc3c(c1)OCCO3)C2. The Bertz CT molecular complexity index is 875. The fraction of sp³-hybridized carbons (Fsp3) is 0.353. The standard InChI is InChI=1S/C17H17N3O4/c1-10-18-13-9-20(5-4-12(13)16(21)19-10)17(22)11-2-3-14-15(8-11)24-7-6-23-14/h2-3,8H,4-7,9H2,1H3,(H,18,19,21). The molecule has 0 fully saturated rings. The first-order valence-corrected chi connectivity index (χ1v) is 7.89. The van der Waals surface area contributed by atoms with Gasteiger partial charge in [-0.1, -0.05) is 0 Å². The molecule has 0 atom stereocenters. The van der Waals surface area contributed by atoms with Gasteiger partial charge in [-0.3, -0.25) is 9.59 Å². The number of benzene rings is 1. The van der Waals surface area contributed by atoms with Crippen LogP contribution in [0.2, 0.25) is 0 Å². The molecule has 0 radical (unpaired) electrons. The lowest BCUT2D eigenvalue weighted by Gasteiger charge is -2.28. The van der Waals surface area contributed by atoms with Gasteiger partial charge >= 0.3 is 0 Å². The maximum absolute atomic E-state index is 12.8. The zero-order valence-electron chi connectivity index (χ0n) is 13.3. The summed E-state index contributed by atoms with van der Waals surface area (Å²) in [7, 11) is 0. The lowest BCUT2D eigenvalue weighted by atomic mass is 10.0. The van der Waals surface area contributed by atoms with E-state index < -0.39 is 0 Å². The molecule has 7 heteroatoms. The van der Waals surface area contributed by atoms with Crippen LogP contribution in [0.15, 0.2) is 23.0 Å². The first-order valence-electron chi connectivity index (χ1n) is 7.89. The van der Waals surface area contributed by atoms with Gasteiger partial charge in [0, 0.05) is 17.7 Å². The van der Waals surface area contributed by atoms with Crippen LogP contribution in [0.1, 0.15) is 27.4 Å². The van der Waals surface area contributed by atoms with Crippen molar-refractivity contribution in [3.8, 4) is 11.5 Å². The molecule has 1 amide bonds. The van der Waals surface area contributed by atoms with E-state index in [1.54, 1.807) is 30.0 Å². The molecule has 0 unspecified atom stereocenters. The summed E-state index contributed by atoms with van der Waals surface area (Å²) in [5, 5.41) is 0. The molecule has 24 heavy (non-hydrogen) atoms. The van der Waals surface area contributed by atoms with Gasteiger partial charge < -0.3 is 19.4 Å². The molecule has 4 rings (SSSR count). The molecular formula is C17H17N3O4. The highest BCUT2D eigenvalue weighted by molar-refractivity contribution is 5.95. The van der Waals surface area contributed by atoms with Gasteiger partial charge in [0.1, 0.15) is 19.0 Å². The van der Waals surface area contributed by atoms with Gasteiger partial charge in [0.2, 0.25) is 0 Å². The third kappa shape index (κ3) is 2.51. The van der Waals surface area contributed by atoms with Crippen molar-refractivity contribution >= 4 is 5.91 Å². The van der Waals surface area contributed by atoms with Gasteiger partial charge in [0.25, 0.3) is 11.5 Å². The van der Waals surface area contributed by atoms with Crippen molar-refractivity contribution in [2.75, 3.05) is 19.8 Å². The number of aromatic amines is 1. The second kappa shape index (κ2) is 5.67. The quantitative estimate of drug-likeness (QED) is 0.846. The second-order valence-corrected chi connectivity index (χ2v) is 5.91. The summed E-state index contributed by atoms with van der Waals surface area (Å²) >= 11 is 0. The van der Waals surface area contributed by atoms with Crippen molar-refractivity contribution in [1.82, 2.24) is 14.9 Å². The third-order valence-corrected chi connectivity index (χ3v) is 4.27. The lowest BCUT2D eigenvalue weighted by molar-refractivity contribution is 0.0730. The fourth-order valence-corrected chi connectivity index (χ4v) is 3.10. The number of ether oxygens (including phenoxy) is 2. The van der Waals surface area contributed by atoms with E-state index in [4.69, 9.17) is 9.47 Å². The maximum Gasteiger partial charge on any atom is 0.254 e. The minimum atomic E-state index is -0.107. The second-order valence-electron chi connectivity index (χ2n) is 5.91. The molecule has 124 valence electrons. The number of nitrogens with zero attached hydrogens (tertiary/aromatic N) is 2. The topological polar surface area (TPSA) is 84.5 Å². The van der Waals surface area contributed by atoms with Crippen LogP contribution in [0.25, 0.3) is 0 Å². The molecule has 2 aliphatic rings. The number of aryl methyl sites for hydroxylation is 1. The van der Waals surface area contributed by atoms with E-state index in [0.29, 0.717) is 66.9 Å². The number of H-pyrrole nitrogens is 1. The van der Waals surface area contributed by atoms with Crippen molar-refractivity contribution in [3.63, 3.8) is 0 Å². The molecule has 0 saturated heterocycles. The Morgan fingerprint density at radius 1 is 1.25 bits per heavy atom. The van der Waals surface area contributed by atoms with Crippen molar-refractivity contribution < 1.29 is 14.3 Å². The Kier molecular flexibility index (Phi) is 3.48. The Morgan fingerprint density at radius 3 is 2.88 bits per heavy atom. The monoisotopic (exact) mass is 327 g/mol. The molecule has 2 aromatic rings. The van der Waals surface area contributed by atoms with Crippen molar-refractivity contribution in [3.05, 3.63) is 51.2 Å². The number of amides is 1. The summed E-state index contributed by atoms with van der Waals surface area (Å²) in [6, 6.07) is 5.21. The van der Waals surface area contributed by atoms with E-state index in [1.165, 1.54) is 0 Å². The number of carbonyl (C=O) groups is 1. The van der Waals surface area contributed by atoms with Gasteiger partial charge in [0.15, 0.2) is 11.5 Å². The lowest BCUT2D eigenvalue weighted by Crippen LogP contribution is -2.39. The van der Waals surface area contributed by atoms with Crippen LogP contribution < -0.4 is 15.0 Å². The van der Waals surface area contributed by atoms with Crippen LogP contribution in [-0.2, 0) is 13.0 Å². The van der Waals surface area contributed by atoms with Crippen molar-refractivity contribution in [2.45, 2.75) is 19.9 Å². The summed E-state index contributed by atoms with van der Waals surface area (Å²) in [5.74, 6) is 1.71. The largest absolute Gasteiger partial charge is 0.486 e. The van der Waals surface area contributed by atoms with Gasteiger partial charge in [-0.2, -0.15) is 0 Å². The van der Waals surface area contributed by atoms with E-state index in [0.717, 1.165) is 0 Å². The molecule has 2 aliphatic heterocycles. The normalized spacial score (nSPS) is 15.8. The Labute approximate surface area is 138 Å². The minimum absolute atomic E-state index is 0.0997. The van der Waals surface area contributed by atoms with Crippen LogP contribution in [0.3, 0.4) is 0 Å². The Balaban J connectivity index is 1.60. The van der Waals surface area contributed by atoms with Crippen molar-refractivity contribution in [1.29, 1.82) is 0 Å². The fourth-order valence-electron chi connectivity index (χ4n) is 3.10. The van der Waals surface area contributed by atoms with Crippen LogP contribution in [-0.4, -0.2) is 40.5 Å². The zero-order valence-corrected chi connectivity index (χ0v) is 13.3. The molecule has 1 N–H and O–H groups in total. The third-order valence-electron chi connectivity index (χ3n) is 4.27. The van der Waals surface area contributed by atoms with E-state index >= 15 is 0 Å². The number of nitrogens with one attached hydrogen (secondary N) is 1. The van der Waals surface area contributed by atoms with E-state index in [1.807, 2.05) is 0 Å². The zero-order chi connectivity index (χ0) is 16.7. The van der Waals surface area contributed by atoms with E-state index in [-0.39, 0.29) is 11.5 Å². The summed E-state index contributed by atoms with van der Waals surface area (Å²) in [6.07, 6.45) is 0.508. The van der Waals surface area contributed by atoms with Gasteiger partial charge in [-0.15, -0.1) is 0 Å². The van der Waals surface area contributed by atoms with Gasteiger partial charge in [0.05, 0.1) is 12.2 Å².